The van der Waals surface area contributed by atoms with Crippen LogP contribution in [0.2, 0.25) is 0 Å². The van der Waals surface area contributed by atoms with E-state index in [1.165, 1.54) is 38.4 Å². The first kappa shape index (κ1) is 55.2. The molecule has 0 aliphatic carbocycles. The van der Waals surface area contributed by atoms with Crippen LogP contribution in [-0.4, -0.2) is 61.0 Å². The monoisotopic (exact) mass is 943 g/mol. The number of ketones is 3. The first-order chi connectivity index (χ1) is 21.0. The van der Waals surface area contributed by atoms with Crippen molar-refractivity contribution < 1.29 is 29.2 Å². The van der Waals surface area contributed by atoms with Gasteiger partial charge in [-0.25, -0.2) is 4.85 Å². The molecule has 260 valence electrons. The molecule has 0 aliphatic rings. The number of aryl methyl sites for hydroxylation is 4. The van der Waals surface area contributed by atoms with Crippen molar-refractivity contribution in [3.63, 3.8) is 0 Å². The number of carbonyl (C=O) groups excluding carboxylic acids is 3. The van der Waals surface area contributed by atoms with Crippen molar-refractivity contribution in [3.05, 3.63) is 81.6 Å². The molecule has 0 aliphatic heterocycles. The van der Waals surface area contributed by atoms with Gasteiger partial charge in [0.15, 0.2) is 5.69 Å². The molecular formula is C35H55I2N5O3SZn. The maximum atomic E-state index is 11.4. The van der Waals surface area contributed by atoms with E-state index in [4.69, 9.17) is 11.8 Å². The number of nitrogens with zero attached hydrogens (tertiary/aromatic N) is 2. The number of carbonyl (C=O) groups is 3. The summed E-state index contributed by atoms with van der Waals surface area (Å²) in [5, 5.41) is 17.5. The van der Waals surface area contributed by atoms with Crippen molar-refractivity contribution in [1.82, 2.24) is 16.0 Å². The van der Waals surface area contributed by atoms with Crippen LogP contribution in [0.25, 0.3) is 4.85 Å². The zero-order valence-corrected chi connectivity index (χ0v) is 37.5. The van der Waals surface area contributed by atoms with Gasteiger partial charge in [-0.15, -0.1) is 0 Å². The summed E-state index contributed by atoms with van der Waals surface area (Å²) in [7, 11) is 5.30. The standard InChI is InChI=1S/C14H18N2O.C10H11N.C5H10INO.C5H10NO.CH4.HI.H2S.Zn/c1-9-5-12(8-15)6-10(2)13(9)7-14(16-4)11(3)17;1-7-5-10(11-4)6-8(2)9(7)3;1-4(8)5(3-6)7-2;1-4(6-3)5(2)7;;;;/h5-6,14,16H,7H2,1-4H3;5-6H,1-3H3;5,7H,3H2,1-2H3;4,6H,1H2,2-3H3;1H4;1H;1H2;/q;;;-1;;;;+2/p-1/t14-;;5-;4-;;;;/m0.00..../s1. The second kappa shape index (κ2) is 32.0. The molecule has 12 heteroatoms. The Kier molecular flexibility index (Phi) is 37.5. The van der Waals surface area contributed by atoms with Crippen molar-refractivity contribution in [2.24, 2.45) is 0 Å². The van der Waals surface area contributed by atoms with Crippen LogP contribution < -0.4 is 16.0 Å². The number of Topliss-reactive ketones (excluding diaryl/α,β-unsaturated/α-hetero) is 3. The number of hydrogen-bond donors (Lipinski definition) is 3. The molecule has 0 unspecified atom stereocenters. The maximum absolute atomic E-state index is 11.4. The van der Waals surface area contributed by atoms with Crippen LogP contribution in [0.4, 0.5) is 5.69 Å². The third kappa shape index (κ3) is 23.7. The van der Waals surface area contributed by atoms with Gasteiger partial charge in [0.05, 0.1) is 30.3 Å². The van der Waals surface area contributed by atoms with Gasteiger partial charge in [0.1, 0.15) is 17.3 Å². The Morgan fingerprint density at radius 3 is 1.47 bits per heavy atom. The quantitative estimate of drug-likeness (QED) is 0.105. The summed E-state index contributed by atoms with van der Waals surface area (Å²) in [5.74, 6) is 0.417. The van der Waals surface area contributed by atoms with Crippen molar-refractivity contribution in [2.75, 3.05) is 25.6 Å². The topological polar surface area (TPSA) is 115 Å². The number of halogens is 2. The van der Waals surface area contributed by atoms with Gasteiger partial charge in [0.25, 0.3) is 0 Å². The Hall–Kier alpha value is -1.26. The Balaban J connectivity index is -0.000000171. The van der Waals surface area contributed by atoms with Gasteiger partial charge in [-0.1, -0.05) is 59.3 Å². The fourth-order valence-corrected chi connectivity index (χ4v) is 4.76. The van der Waals surface area contributed by atoms with Crippen LogP contribution in [0, 0.1) is 59.4 Å². The molecule has 0 bridgehead atoms. The molecule has 2 aromatic rings. The van der Waals surface area contributed by atoms with E-state index in [1.807, 2.05) is 52.0 Å². The first-order valence-electron chi connectivity index (χ1n) is 14.2. The third-order valence-corrected chi connectivity index (χ3v) is 7.83. The minimum atomic E-state index is -0.236. The Labute approximate surface area is 327 Å². The molecule has 2 rings (SSSR count). The molecule has 0 heterocycles. The van der Waals surface area contributed by atoms with Gasteiger partial charge in [-0.3, -0.25) is 9.59 Å². The predicted octanol–water partition coefficient (Wildman–Crippen LogP) is 7.29. The van der Waals surface area contributed by atoms with Crippen LogP contribution in [0.5, 0.6) is 0 Å². The summed E-state index contributed by atoms with van der Waals surface area (Å²) in [5.41, 5.74) is 8.41. The summed E-state index contributed by atoms with van der Waals surface area (Å²) in [6.45, 7) is 25.1. The van der Waals surface area contributed by atoms with Crippen molar-refractivity contribution >= 4 is 78.9 Å². The van der Waals surface area contributed by atoms with Crippen LogP contribution in [0.15, 0.2) is 24.3 Å². The average molecular weight is 945 g/mol. The van der Waals surface area contributed by atoms with Crippen LogP contribution in [0.1, 0.15) is 67.1 Å². The van der Waals surface area contributed by atoms with Gasteiger partial charge in [0, 0.05) is 4.43 Å². The normalized spacial score (nSPS) is 10.9. The summed E-state index contributed by atoms with van der Waals surface area (Å²) in [4.78, 5) is 35.6. The van der Waals surface area contributed by atoms with Crippen molar-refractivity contribution in [3.8, 4) is 6.07 Å². The SMILES string of the molecule is C.CN[C@@H](CI)C(C)=O.CN[C@@H](Cc1c(C)cc(C#N)cc1C)C(C)=O.S.[C-]#[N+]c1cc(C)c(C)c(C)c1.[CH2-][C@H](NC)C(C)=O.[Zn+][I]. The van der Waals surface area contributed by atoms with E-state index in [0.717, 1.165) is 26.8 Å². The molecule has 0 radical (unpaired) electrons. The number of hydrogen-bond acceptors (Lipinski definition) is 7. The van der Waals surface area contributed by atoms with Gasteiger partial charge < -0.3 is 27.7 Å². The van der Waals surface area contributed by atoms with E-state index in [9.17, 15) is 14.4 Å². The molecule has 3 N–H and O–H groups in total. The molecule has 0 saturated carbocycles. The van der Waals surface area contributed by atoms with Crippen molar-refractivity contribution in [1.29, 1.82) is 5.26 Å². The van der Waals surface area contributed by atoms with E-state index >= 15 is 0 Å². The molecule has 47 heavy (non-hydrogen) atoms. The van der Waals surface area contributed by atoms with Gasteiger partial charge in [0.2, 0.25) is 0 Å². The Bertz CT molecular complexity index is 1260. The zero-order valence-electron chi connectivity index (χ0n) is 29.2. The molecule has 0 spiro atoms. The number of nitriles is 1. The average Bonchev–Trinajstić information content (AvgIpc) is 3.00. The summed E-state index contributed by atoms with van der Waals surface area (Å²) < 4.78 is 0.851. The van der Waals surface area contributed by atoms with E-state index in [1.54, 1.807) is 35.0 Å². The van der Waals surface area contributed by atoms with Gasteiger partial charge >= 0.3 is 34.5 Å². The number of alkyl halides is 1. The first-order valence-corrected chi connectivity index (χ1v) is 24.8. The van der Waals surface area contributed by atoms with E-state index in [-0.39, 0.29) is 56.4 Å². The number of rotatable bonds is 9. The number of nitrogens with one attached hydrogen (secondary N) is 3. The van der Waals surface area contributed by atoms with E-state index < -0.39 is 0 Å². The van der Waals surface area contributed by atoms with E-state index in [0.29, 0.717) is 12.0 Å². The van der Waals surface area contributed by atoms with Crippen molar-refractivity contribution in [2.45, 2.75) is 87.4 Å². The molecule has 0 aromatic heterocycles. The fourth-order valence-electron chi connectivity index (χ4n) is 3.70. The molecule has 2 aromatic carbocycles. The fraction of sp³-hybridized carbons (Fsp3) is 0.486. The summed E-state index contributed by atoms with van der Waals surface area (Å²) >= 11 is 5.80. The molecule has 0 fully saturated rings. The van der Waals surface area contributed by atoms with Gasteiger partial charge in [-0.05, 0) is 117 Å². The Morgan fingerprint density at radius 2 is 1.26 bits per heavy atom. The number of likely N-dealkylation sites (N-methyl/N-ethyl adjacent to an activating group) is 3. The minimum absolute atomic E-state index is 0. The third-order valence-electron chi connectivity index (χ3n) is 6.95. The van der Waals surface area contributed by atoms with Crippen LogP contribution in [-0.2, 0) is 35.6 Å². The van der Waals surface area contributed by atoms with Crippen LogP contribution in [0.3, 0.4) is 0 Å². The van der Waals surface area contributed by atoms with Crippen LogP contribution >= 0.6 is 55.8 Å². The molecule has 8 nitrogen and oxygen atoms in total. The zero-order chi connectivity index (χ0) is 35.9. The van der Waals surface area contributed by atoms with E-state index in [2.05, 4.69) is 83.1 Å². The Morgan fingerprint density at radius 1 is 0.851 bits per heavy atom. The number of benzene rings is 2. The molecular weight excluding hydrogens is 890 g/mol. The molecule has 3 atom stereocenters. The second-order valence-electron chi connectivity index (χ2n) is 10.2. The molecule has 0 amide bonds. The summed E-state index contributed by atoms with van der Waals surface area (Å²) in [6.07, 6.45) is 0.676. The second-order valence-corrected chi connectivity index (χ2v) is 11.1. The molecule has 0 saturated heterocycles. The summed E-state index contributed by atoms with van der Waals surface area (Å²) in [6, 6.07) is 9.40. The predicted molar refractivity (Wildman–Crippen MR) is 217 cm³/mol. The van der Waals surface area contributed by atoms with Gasteiger partial charge in [-0.2, -0.15) is 18.8 Å².